The molecular formula is C10H11N3O4. The highest BCUT2D eigenvalue weighted by Crippen LogP contribution is 2.35. The van der Waals surface area contributed by atoms with Crippen LogP contribution in [0.4, 0.5) is 11.4 Å². The highest BCUT2D eigenvalue weighted by atomic mass is 16.6. The first kappa shape index (κ1) is 11.3. The van der Waals surface area contributed by atoms with Crippen LogP contribution in [0, 0.1) is 10.1 Å². The second-order valence-electron chi connectivity index (χ2n) is 3.87. The molecule has 0 atom stereocenters. The SMILES string of the molecule is O=C(O)CN(c1ccncc1[N+](=O)[O-])C1CC1. The van der Waals surface area contributed by atoms with Crippen molar-refractivity contribution in [1.82, 2.24) is 4.98 Å². The molecule has 1 fully saturated rings. The fraction of sp³-hybridized carbons (Fsp3) is 0.400. The van der Waals surface area contributed by atoms with Crippen molar-refractivity contribution >= 4 is 17.3 Å². The second-order valence-corrected chi connectivity index (χ2v) is 3.87. The lowest BCUT2D eigenvalue weighted by molar-refractivity contribution is -0.384. The molecule has 0 unspecified atom stereocenters. The van der Waals surface area contributed by atoms with E-state index in [1.165, 1.54) is 12.3 Å². The Hall–Kier alpha value is -2.18. The molecule has 7 nitrogen and oxygen atoms in total. The first-order chi connectivity index (χ1) is 8.09. The Balaban J connectivity index is 2.34. The summed E-state index contributed by atoms with van der Waals surface area (Å²) >= 11 is 0. The van der Waals surface area contributed by atoms with E-state index in [4.69, 9.17) is 5.11 Å². The van der Waals surface area contributed by atoms with Gasteiger partial charge in [0.1, 0.15) is 18.4 Å². The first-order valence-corrected chi connectivity index (χ1v) is 5.16. The molecule has 0 aliphatic heterocycles. The highest BCUT2D eigenvalue weighted by molar-refractivity contribution is 5.76. The number of aliphatic carboxylic acids is 1. The van der Waals surface area contributed by atoms with Crippen molar-refractivity contribution in [2.24, 2.45) is 0 Å². The van der Waals surface area contributed by atoms with Gasteiger partial charge in [-0.1, -0.05) is 0 Å². The minimum absolute atomic E-state index is 0.0900. The standard InChI is InChI=1S/C10H11N3O4/c14-10(15)6-12(7-1-2-7)8-3-4-11-5-9(8)13(16)17/h3-5,7H,1-2,6H2,(H,14,15). The van der Waals surface area contributed by atoms with E-state index in [0.29, 0.717) is 5.69 Å². The fourth-order valence-corrected chi connectivity index (χ4v) is 1.71. The molecule has 0 radical (unpaired) electrons. The lowest BCUT2D eigenvalue weighted by Gasteiger charge is -2.21. The van der Waals surface area contributed by atoms with Crippen LogP contribution in [0.1, 0.15) is 12.8 Å². The number of hydrogen-bond donors (Lipinski definition) is 1. The maximum Gasteiger partial charge on any atom is 0.323 e. The summed E-state index contributed by atoms with van der Waals surface area (Å²) in [5.41, 5.74) is 0.176. The van der Waals surface area contributed by atoms with Crippen LogP contribution >= 0.6 is 0 Å². The summed E-state index contributed by atoms with van der Waals surface area (Å²) < 4.78 is 0. The van der Waals surface area contributed by atoms with Crippen molar-refractivity contribution < 1.29 is 14.8 Å². The van der Waals surface area contributed by atoms with Crippen molar-refractivity contribution in [2.45, 2.75) is 18.9 Å². The Morgan fingerprint density at radius 3 is 2.88 bits per heavy atom. The number of aromatic nitrogens is 1. The molecule has 17 heavy (non-hydrogen) atoms. The quantitative estimate of drug-likeness (QED) is 0.607. The Kier molecular flexibility index (Phi) is 2.90. The van der Waals surface area contributed by atoms with E-state index in [1.807, 2.05) is 0 Å². The minimum atomic E-state index is -0.997. The van der Waals surface area contributed by atoms with Gasteiger partial charge in [-0.25, -0.2) is 0 Å². The Morgan fingerprint density at radius 2 is 2.35 bits per heavy atom. The van der Waals surface area contributed by atoms with E-state index in [1.54, 1.807) is 4.90 Å². The van der Waals surface area contributed by atoms with Crippen LogP contribution in [0.5, 0.6) is 0 Å². The van der Waals surface area contributed by atoms with E-state index < -0.39 is 10.9 Å². The molecule has 1 aromatic heterocycles. The number of anilines is 1. The number of carboxylic acid groups (broad SMARTS) is 1. The average molecular weight is 237 g/mol. The normalized spacial score (nSPS) is 14.4. The molecule has 2 rings (SSSR count). The van der Waals surface area contributed by atoms with Crippen molar-refractivity contribution in [3.8, 4) is 0 Å². The van der Waals surface area contributed by atoms with Gasteiger partial charge in [0.2, 0.25) is 0 Å². The molecule has 0 aromatic carbocycles. The zero-order chi connectivity index (χ0) is 12.4. The molecule has 0 saturated heterocycles. The molecule has 90 valence electrons. The summed E-state index contributed by atoms with van der Waals surface area (Å²) in [5, 5.41) is 19.7. The van der Waals surface area contributed by atoms with Gasteiger partial charge in [0.25, 0.3) is 0 Å². The van der Waals surface area contributed by atoms with Gasteiger partial charge in [0.15, 0.2) is 0 Å². The fourth-order valence-electron chi connectivity index (χ4n) is 1.71. The maximum absolute atomic E-state index is 10.8. The van der Waals surface area contributed by atoms with Crippen molar-refractivity contribution in [1.29, 1.82) is 0 Å². The van der Waals surface area contributed by atoms with E-state index >= 15 is 0 Å². The number of hydrogen-bond acceptors (Lipinski definition) is 5. The van der Waals surface area contributed by atoms with Gasteiger partial charge in [0.05, 0.1) is 4.92 Å². The summed E-state index contributed by atoms with van der Waals surface area (Å²) in [6.07, 6.45) is 4.31. The largest absolute Gasteiger partial charge is 0.480 e. The van der Waals surface area contributed by atoms with Crippen LogP contribution in [0.2, 0.25) is 0 Å². The summed E-state index contributed by atoms with van der Waals surface area (Å²) in [4.78, 5) is 26.3. The Labute approximate surface area is 96.8 Å². The number of carbonyl (C=O) groups is 1. The van der Waals surface area contributed by atoms with Gasteiger partial charge in [0, 0.05) is 12.2 Å². The second kappa shape index (κ2) is 4.36. The predicted octanol–water partition coefficient (Wildman–Crippen LogP) is 1.04. The van der Waals surface area contributed by atoms with Gasteiger partial charge in [-0.05, 0) is 18.9 Å². The number of rotatable bonds is 5. The lowest BCUT2D eigenvalue weighted by Crippen LogP contribution is -2.32. The van der Waals surface area contributed by atoms with E-state index in [-0.39, 0.29) is 18.3 Å². The Bertz CT molecular complexity index is 459. The molecule has 1 saturated carbocycles. The van der Waals surface area contributed by atoms with Crippen LogP contribution in [-0.4, -0.2) is 33.6 Å². The van der Waals surface area contributed by atoms with Crippen molar-refractivity contribution in [2.75, 3.05) is 11.4 Å². The van der Waals surface area contributed by atoms with Crippen LogP contribution in [0.3, 0.4) is 0 Å². The lowest BCUT2D eigenvalue weighted by atomic mass is 10.3. The van der Waals surface area contributed by atoms with Crippen LogP contribution in [-0.2, 0) is 4.79 Å². The topological polar surface area (TPSA) is 96.6 Å². The number of nitro groups is 1. The molecule has 0 spiro atoms. The minimum Gasteiger partial charge on any atom is -0.480 e. The monoisotopic (exact) mass is 237 g/mol. The number of nitrogens with zero attached hydrogens (tertiary/aromatic N) is 3. The van der Waals surface area contributed by atoms with Crippen LogP contribution < -0.4 is 4.90 Å². The third-order valence-corrected chi connectivity index (χ3v) is 2.58. The molecule has 1 aliphatic carbocycles. The number of carboxylic acids is 1. The van der Waals surface area contributed by atoms with Gasteiger partial charge in [-0.3, -0.25) is 19.9 Å². The van der Waals surface area contributed by atoms with Gasteiger partial charge in [-0.15, -0.1) is 0 Å². The van der Waals surface area contributed by atoms with E-state index in [0.717, 1.165) is 19.0 Å². The molecule has 0 bridgehead atoms. The molecular weight excluding hydrogens is 226 g/mol. The highest BCUT2D eigenvalue weighted by Gasteiger charge is 2.34. The average Bonchev–Trinajstić information content (AvgIpc) is 3.09. The third kappa shape index (κ3) is 2.49. The molecule has 1 N–H and O–H groups in total. The van der Waals surface area contributed by atoms with Crippen LogP contribution in [0.15, 0.2) is 18.5 Å². The maximum atomic E-state index is 10.8. The molecule has 1 aromatic rings. The summed E-state index contributed by atoms with van der Waals surface area (Å²) in [6, 6.07) is 1.58. The van der Waals surface area contributed by atoms with Gasteiger partial charge >= 0.3 is 11.7 Å². The Morgan fingerprint density at radius 1 is 1.65 bits per heavy atom. The van der Waals surface area contributed by atoms with Crippen molar-refractivity contribution in [3.63, 3.8) is 0 Å². The molecule has 7 heteroatoms. The third-order valence-electron chi connectivity index (χ3n) is 2.58. The summed E-state index contributed by atoms with van der Waals surface area (Å²) in [5.74, 6) is -0.997. The first-order valence-electron chi connectivity index (χ1n) is 5.16. The van der Waals surface area contributed by atoms with Gasteiger partial charge in [-0.2, -0.15) is 0 Å². The number of pyridine rings is 1. The van der Waals surface area contributed by atoms with E-state index in [2.05, 4.69) is 4.98 Å². The van der Waals surface area contributed by atoms with E-state index in [9.17, 15) is 14.9 Å². The van der Waals surface area contributed by atoms with Gasteiger partial charge < -0.3 is 10.0 Å². The zero-order valence-electron chi connectivity index (χ0n) is 8.94. The zero-order valence-corrected chi connectivity index (χ0v) is 8.94. The summed E-state index contributed by atoms with van der Waals surface area (Å²) in [7, 11) is 0. The van der Waals surface area contributed by atoms with Crippen molar-refractivity contribution in [3.05, 3.63) is 28.6 Å². The predicted molar refractivity (Wildman–Crippen MR) is 58.9 cm³/mol. The molecule has 0 amide bonds. The molecule has 1 heterocycles. The summed E-state index contributed by atoms with van der Waals surface area (Å²) in [6.45, 7) is -0.227. The smallest absolute Gasteiger partial charge is 0.323 e. The molecule has 1 aliphatic rings. The van der Waals surface area contributed by atoms with Crippen LogP contribution in [0.25, 0.3) is 0 Å².